The van der Waals surface area contributed by atoms with Crippen LogP contribution in [-0.2, 0) is 18.3 Å². The van der Waals surface area contributed by atoms with Crippen LogP contribution in [0, 0.1) is 35.5 Å². The highest BCUT2D eigenvalue weighted by Crippen LogP contribution is 2.56. The molecule has 3 fully saturated rings. The highest BCUT2D eigenvalue weighted by Gasteiger charge is 2.43. The molecule has 3 rings (SSSR count). The molecule has 3 aliphatic rings. The molecule has 0 aromatic heterocycles. The number of hydrogen-bond acceptors (Lipinski definition) is 6. The molecule has 0 aromatic rings. The zero-order valence-corrected chi connectivity index (χ0v) is 23.6. The average Bonchev–Trinajstić information content (AvgIpc) is 2.73. The third kappa shape index (κ3) is 8.28. The van der Waals surface area contributed by atoms with E-state index in [1.165, 1.54) is 12.8 Å². The second kappa shape index (κ2) is 13.0. The summed E-state index contributed by atoms with van der Waals surface area (Å²) in [5.41, 5.74) is 0. The Labute approximate surface area is 209 Å². The minimum absolute atomic E-state index is 0.0660. The number of rotatable bonds is 10. The molecule has 7 heteroatoms. The standard InChI is InChI=1S/C27H52NO5P/c1-19(2)24-9-7-21(5)15-26(24)32-34(30,18-23(29)17-28-11-13-31-14-12-28)33-27-16-22(6)8-10-25(27)20(3)4/h19-27,29H,7-18H2,1-6H3/t21-,22-,23-,24-,25-,26-,27-/m1/s1. The molecule has 0 spiro atoms. The van der Waals surface area contributed by atoms with Gasteiger partial charge in [-0.25, -0.2) is 0 Å². The van der Waals surface area contributed by atoms with Crippen LogP contribution in [0.1, 0.15) is 80.1 Å². The quantitative estimate of drug-likeness (QED) is 0.380. The van der Waals surface area contributed by atoms with Crippen molar-refractivity contribution in [2.75, 3.05) is 39.0 Å². The summed E-state index contributed by atoms with van der Waals surface area (Å²) in [7, 11) is -3.50. The Morgan fingerprint density at radius 3 is 1.79 bits per heavy atom. The van der Waals surface area contributed by atoms with E-state index in [0.29, 0.717) is 55.3 Å². The van der Waals surface area contributed by atoms with E-state index in [1.54, 1.807) is 0 Å². The summed E-state index contributed by atoms with van der Waals surface area (Å²) < 4.78 is 33.1. The number of β-amino-alcohol motifs (C(OH)–C–C–N with tert-alkyl or cyclic N) is 1. The molecule has 1 N–H and O–H groups in total. The zero-order chi connectivity index (χ0) is 24.9. The van der Waals surface area contributed by atoms with Gasteiger partial charge in [0.2, 0.25) is 0 Å². The van der Waals surface area contributed by atoms with Crippen molar-refractivity contribution in [3.05, 3.63) is 0 Å². The molecule has 2 aliphatic carbocycles. The van der Waals surface area contributed by atoms with Crippen molar-refractivity contribution in [2.24, 2.45) is 35.5 Å². The molecule has 0 aromatic carbocycles. The Balaban J connectivity index is 1.78. The molecular formula is C27H52NO5P. The molecule has 2 saturated carbocycles. The molecular weight excluding hydrogens is 449 g/mol. The number of hydrogen-bond donors (Lipinski definition) is 1. The van der Waals surface area contributed by atoms with Gasteiger partial charge in [-0.05, 0) is 61.2 Å². The van der Waals surface area contributed by atoms with Crippen LogP contribution < -0.4 is 0 Å². The normalized spacial score (nSPS) is 35.1. The lowest BCUT2D eigenvalue weighted by atomic mass is 9.75. The van der Waals surface area contributed by atoms with Gasteiger partial charge < -0.3 is 18.9 Å². The molecule has 6 nitrogen and oxygen atoms in total. The molecule has 0 bridgehead atoms. The second-order valence-corrected chi connectivity index (χ2v) is 14.3. The van der Waals surface area contributed by atoms with Crippen molar-refractivity contribution in [1.82, 2.24) is 4.90 Å². The molecule has 1 heterocycles. The summed E-state index contributed by atoms with van der Waals surface area (Å²) in [6.45, 7) is 17.0. The first kappa shape index (κ1) is 28.6. The largest absolute Gasteiger partial charge is 0.391 e. The van der Waals surface area contributed by atoms with E-state index in [-0.39, 0.29) is 18.4 Å². The van der Waals surface area contributed by atoms with Gasteiger partial charge in [0, 0.05) is 19.6 Å². The monoisotopic (exact) mass is 501 g/mol. The third-order valence-corrected chi connectivity index (χ3v) is 10.6. The van der Waals surface area contributed by atoms with E-state index >= 15 is 0 Å². The molecule has 200 valence electrons. The zero-order valence-electron chi connectivity index (χ0n) is 22.7. The van der Waals surface area contributed by atoms with Crippen LogP contribution in [0.2, 0.25) is 0 Å². The number of nitrogens with zero attached hydrogens (tertiary/aromatic N) is 1. The molecule has 0 unspecified atom stereocenters. The van der Waals surface area contributed by atoms with E-state index in [9.17, 15) is 9.67 Å². The van der Waals surface area contributed by atoms with E-state index in [1.807, 2.05) is 0 Å². The Kier molecular flexibility index (Phi) is 10.9. The fourth-order valence-corrected chi connectivity index (χ4v) is 8.56. The molecule has 0 amide bonds. The average molecular weight is 502 g/mol. The predicted molar refractivity (Wildman–Crippen MR) is 138 cm³/mol. The minimum Gasteiger partial charge on any atom is -0.391 e. The molecule has 34 heavy (non-hydrogen) atoms. The van der Waals surface area contributed by atoms with E-state index in [0.717, 1.165) is 38.8 Å². The number of ether oxygens (including phenoxy) is 1. The lowest BCUT2D eigenvalue weighted by Crippen LogP contribution is -2.42. The summed E-state index contributed by atoms with van der Waals surface area (Å²) >= 11 is 0. The van der Waals surface area contributed by atoms with Crippen LogP contribution in [0.5, 0.6) is 0 Å². The Hall–Kier alpha value is 0.0300. The van der Waals surface area contributed by atoms with Crippen molar-refractivity contribution in [3.8, 4) is 0 Å². The van der Waals surface area contributed by atoms with Gasteiger partial charge in [0.05, 0.1) is 37.7 Å². The summed E-state index contributed by atoms with van der Waals surface area (Å²) in [4.78, 5) is 2.19. The van der Waals surface area contributed by atoms with Crippen molar-refractivity contribution in [2.45, 2.75) is 98.4 Å². The number of aliphatic hydroxyl groups is 1. The van der Waals surface area contributed by atoms with Crippen LogP contribution in [0.25, 0.3) is 0 Å². The molecule has 7 atom stereocenters. The van der Waals surface area contributed by atoms with Gasteiger partial charge in [0.25, 0.3) is 0 Å². The predicted octanol–water partition coefficient (Wildman–Crippen LogP) is 5.83. The maximum absolute atomic E-state index is 14.5. The third-order valence-electron chi connectivity index (χ3n) is 8.52. The summed E-state index contributed by atoms with van der Waals surface area (Å²) in [5.74, 6) is 2.84. The van der Waals surface area contributed by atoms with Gasteiger partial charge in [-0.2, -0.15) is 0 Å². The van der Waals surface area contributed by atoms with Crippen LogP contribution in [0.15, 0.2) is 0 Å². The fraction of sp³-hybridized carbons (Fsp3) is 1.00. The lowest BCUT2D eigenvalue weighted by Gasteiger charge is -2.42. The summed E-state index contributed by atoms with van der Waals surface area (Å²) in [6, 6.07) is 0. The topological polar surface area (TPSA) is 68.2 Å². The van der Waals surface area contributed by atoms with Crippen molar-refractivity contribution in [1.29, 1.82) is 0 Å². The van der Waals surface area contributed by atoms with E-state index in [2.05, 4.69) is 46.4 Å². The van der Waals surface area contributed by atoms with Gasteiger partial charge in [0.15, 0.2) is 0 Å². The van der Waals surface area contributed by atoms with Crippen molar-refractivity contribution < 1.29 is 23.5 Å². The highest BCUT2D eigenvalue weighted by atomic mass is 31.2. The van der Waals surface area contributed by atoms with Crippen LogP contribution >= 0.6 is 7.60 Å². The van der Waals surface area contributed by atoms with Gasteiger partial charge >= 0.3 is 7.60 Å². The van der Waals surface area contributed by atoms with Gasteiger partial charge in [-0.15, -0.1) is 0 Å². The second-order valence-electron chi connectivity index (χ2n) is 12.3. The van der Waals surface area contributed by atoms with Gasteiger partial charge in [0.1, 0.15) is 0 Å². The number of morpholine rings is 1. The Morgan fingerprint density at radius 2 is 1.35 bits per heavy atom. The maximum atomic E-state index is 14.5. The van der Waals surface area contributed by atoms with Crippen molar-refractivity contribution in [3.63, 3.8) is 0 Å². The highest BCUT2D eigenvalue weighted by molar-refractivity contribution is 7.53. The van der Waals surface area contributed by atoms with Gasteiger partial charge in [-0.1, -0.05) is 54.4 Å². The fourth-order valence-electron chi connectivity index (χ4n) is 6.39. The van der Waals surface area contributed by atoms with Crippen LogP contribution in [0.3, 0.4) is 0 Å². The Morgan fingerprint density at radius 1 is 0.882 bits per heavy atom. The smallest absolute Gasteiger partial charge is 0.333 e. The maximum Gasteiger partial charge on any atom is 0.333 e. The van der Waals surface area contributed by atoms with E-state index < -0.39 is 13.7 Å². The summed E-state index contributed by atoms with van der Waals surface area (Å²) in [6.07, 6.45) is 5.66. The van der Waals surface area contributed by atoms with Crippen LogP contribution in [-0.4, -0.2) is 67.3 Å². The first-order valence-corrected chi connectivity index (χ1v) is 15.7. The first-order chi connectivity index (χ1) is 16.1. The molecule has 1 aliphatic heterocycles. The molecule has 0 radical (unpaired) electrons. The lowest BCUT2D eigenvalue weighted by molar-refractivity contribution is -0.00900. The summed E-state index contributed by atoms with van der Waals surface area (Å²) in [5, 5.41) is 11.0. The van der Waals surface area contributed by atoms with Crippen LogP contribution in [0.4, 0.5) is 0 Å². The SMILES string of the molecule is CC(C)[C@H]1CC[C@@H](C)C[C@H]1OP(=O)(C[C@H](O)CN1CCOCC1)O[C@@H]1C[C@H](C)CC[C@@H]1C(C)C. The van der Waals surface area contributed by atoms with Crippen molar-refractivity contribution >= 4 is 7.60 Å². The van der Waals surface area contributed by atoms with Gasteiger partial charge in [-0.3, -0.25) is 9.46 Å². The minimum atomic E-state index is -3.50. The first-order valence-electron chi connectivity index (χ1n) is 14.0. The Bertz CT molecular complexity index is 615. The van der Waals surface area contributed by atoms with E-state index in [4.69, 9.17) is 13.8 Å². The molecule has 1 saturated heterocycles. The number of aliphatic hydroxyl groups excluding tert-OH is 1.